The predicted octanol–water partition coefficient (Wildman–Crippen LogP) is 1.35. The van der Waals surface area contributed by atoms with Crippen LogP contribution in [0, 0.1) is 0 Å². The number of piperazine rings is 1. The summed E-state index contributed by atoms with van der Waals surface area (Å²) in [6, 6.07) is 10.1. The summed E-state index contributed by atoms with van der Waals surface area (Å²) in [4.78, 5) is 17.0. The molecule has 0 radical (unpaired) electrons. The minimum Gasteiger partial charge on any atom is -0.368 e. The van der Waals surface area contributed by atoms with Crippen molar-refractivity contribution in [1.82, 2.24) is 10.2 Å². The number of halogens is 2. The normalized spacial score (nSPS) is 19.9. The molecule has 1 amide bonds. The number of anilines is 1. The first-order valence-corrected chi connectivity index (χ1v) is 10.3. The Morgan fingerprint density at radius 2 is 1.54 bits per heavy atom. The first-order valence-electron chi connectivity index (χ1n) is 8.44. The zero-order valence-electron chi connectivity index (χ0n) is 14.9. The Bertz CT molecular complexity index is 686. The lowest BCUT2D eigenvalue weighted by molar-refractivity contribution is -0.135. The van der Waals surface area contributed by atoms with Crippen molar-refractivity contribution < 1.29 is 13.2 Å². The van der Waals surface area contributed by atoms with Gasteiger partial charge in [-0.2, -0.15) is 0 Å². The maximum Gasteiger partial charge on any atom is 0.244 e. The molecule has 0 unspecified atom stereocenters. The van der Waals surface area contributed by atoms with Crippen LogP contribution in [0.1, 0.15) is 12.8 Å². The molecule has 0 aromatic heterocycles. The maximum absolute atomic E-state index is 13.1. The number of para-hydroxylation sites is 1. The van der Waals surface area contributed by atoms with Crippen molar-refractivity contribution in [3.63, 3.8) is 0 Å². The molecule has 9 heteroatoms. The summed E-state index contributed by atoms with van der Waals surface area (Å²) >= 11 is 0. The average Bonchev–Trinajstić information content (AvgIpc) is 2.62. The largest absolute Gasteiger partial charge is 0.368 e. The molecule has 1 N–H and O–H groups in total. The topological polar surface area (TPSA) is 69.7 Å². The molecule has 6 nitrogen and oxygen atoms in total. The number of rotatable bonds is 3. The van der Waals surface area contributed by atoms with Crippen LogP contribution in [0.2, 0.25) is 0 Å². The number of sulfone groups is 1. The number of hydrogen-bond donors (Lipinski definition) is 1. The van der Waals surface area contributed by atoms with E-state index in [1.807, 2.05) is 18.2 Å². The van der Waals surface area contributed by atoms with Crippen LogP contribution < -0.4 is 10.2 Å². The molecule has 0 atom stereocenters. The first-order chi connectivity index (χ1) is 11.4. The van der Waals surface area contributed by atoms with E-state index in [1.165, 1.54) is 6.26 Å². The highest BCUT2D eigenvalue weighted by Crippen LogP contribution is 2.30. The fourth-order valence-corrected chi connectivity index (χ4v) is 5.06. The molecule has 3 rings (SSSR count). The van der Waals surface area contributed by atoms with Crippen LogP contribution in [-0.4, -0.2) is 69.5 Å². The van der Waals surface area contributed by atoms with Gasteiger partial charge in [0.25, 0.3) is 0 Å². The predicted molar refractivity (Wildman–Crippen MR) is 109 cm³/mol. The molecule has 0 saturated carbocycles. The zero-order valence-corrected chi connectivity index (χ0v) is 17.3. The van der Waals surface area contributed by atoms with Crippen LogP contribution in [0.25, 0.3) is 0 Å². The molecule has 2 heterocycles. The van der Waals surface area contributed by atoms with E-state index < -0.39 is 14.6 Å². The maximum atomic E-state index is 13.1. The number of hydrogen-bond acceptors (Lipinski definition) is 5. The van der Waals surface area contributed by atoms with E-state index in [4.69, 9.17) is 0 Å². The van der Waals surface area contributed by atoms with Gasteiger partial charge in [-0.25, -0.2) is 8.42 Å². The van der Waals surface area contributed by atoms with Gasteiger partial charge in [0.15, 0.2) is 14.6 Å². The van der Waals surface area contributed by atoms with Crippen molar-refractivity contribution in [1.29, 1.82) is 0 Å². The van der Waals surface area contributed by atoms with Gasteiger partial charge in [0.1, 0.15) is 0 Å². The molecular formula is C17H27Cl2N3O3S. The van der Waals surface area contributed by atoms with Crippen molar-refractivity contribution >= 4 is 46.2 Å². The van der Waals surface area contributed by atoms with Crippen molar-refractivity contribution in [2.75, 3.05) is 50.4 Å². The molecule has 0 aliphatic carbocycles. The van der Waals surface area contributed by atoms with Crippen LogP contribution in [-0.2, 0) is 14.6 Å². The second-order valence-corrected chi connectivity index (χ2v) is 8.96. The number of carbonyl (C=O) groups excluding carboxylic acids is 1. The molecule has 0 spiro atoms. The minimum atomic E-state index is -3.45. The van der Waals surface area contributed by atoms with E-state index in [-0.39, 0.29) is 30.7 Å². The van der Waals surface area contributed by atoms with Crippen molar-refractivity contribution in [3.8, 4) is 0 Å². The molecule has 2 fully saturated rings. The van der Waals surface area contributed by atoms with Gasteiger partial charge >= 0.3 is 0 Å². The van der Waals surface area contributed by atoms with Gasteiger partial charge in [-0.05, 0) is 38.1 Å². The second kappa shape index (κ2) is 9.26. The second-order valence-electron chi connectivity index (χ2n) is 6.63. The van der Waals surface area contributed by atoms with Gasteiger partial charge in [-0.3, -0.25) is 4.79 Å². The Kier molecular flexibility index (Phi) is 8.20. The van der Waals surface area contributed by atoms with Gasteiger partial charge in [-0.15, -0.1) is 24.8 Å². The van der Waals surface area contributed by atoms with Crippen molar-refractivity contribution in [2.24, 2.45) is 0 Å². The number of carbonyl (C=O) groups is 1. The SMILES string of the molecule is CS(=O)(=O)C1(C(=O)N2CCN(c3ccccc3)CC2)CCNCC1.Cl.Cl. The summed E-state index contributed by atoms with van der Waals surface area (Å²) in [5.74, 6) is -0.209. The fraction of sp³-hybridized carbons (Fsp3) is 0.588. The lowest BCUT2D eigenvalue weighted by atomic mass is 9.94. The summed E-state index contributed by atoms with van der Waals surface area (Å²) < 4.78 is 23.5. The molecular weight excluding hydrogens is 397 g/mol. The van der Waals surface area contributed by atoms with Crippen LogP contribution >= 0.6 is 24.8 Å². The molecule has 26 heavy (non-hydrogen) atoms. The molecule has 148 valence electrons. The number of amides is 1. The lowest BCUT2D eigenvalue weighted by Gasteiger charge is -2.42. The minimum absolute atomic E-state index is 0. The highest BCUT2D eigenvalue weighted by Gasteiger charge is 2.50. The molecule has 1 aromatic rings. The summed E-state index contributed by atoms with van der Waals surface area (Å²) in [5.41, 5.74) is 1.14. The van der Waals surface area contributed by atoms with Crippen LogP contribution in [0.4, 0.5) is 5.69 Å². The number of nitrogens with one attached hydrogen (secondary N) is 1. The molecule has 0 bridgehead atoms. The highest BCUT2D eigenvalue weighted by atomic mass is 35.5. The standard InChI is InChI=1S/C17H25N3O3S.2ClH/c1-24(22,23)17(7-9-18-10-8-17)16(21)20-13-11-19(12-14-20)15-5-3-2-4-6-15;;/h2-6,18H,7-14H2,1H3;2*1H. The summed E-state index contributed by atoms with van der Waals surface area (Å²) in [7, 11) is -3.45. The van der Waals surface area contributed by atoms with Crippen molar-refractivity contribution in [3.05, 3.63) is 30.3 Å². The van der Waals surface area contributed by atoms with Gasteiger partial charge in [0, 0.05) is 38.1 Å². The van der Waals surface area contributed by atoms with E-state index in [0.717, 1.165) is 18.8 Å². The number of benzene rings is 1. The van der Waals surface area contributed by atoms with E-state index in [9.17, 15) is 13.2 Å². The molecule has 1 aromatic carbocycles. The van der Waals surface area contributed by atoms with E-state index >= 15 is 0 Å². The Balaban J connectivity index is 0.00000169. The molecule has 2 aliphatic heterocycles. The third-order valence-electron chi connectivity index (χ3n) is 5.20. The van der Waals surface area contributed by atoms with Crippen LogP contribution in [0.5, 0.6) is 0 Å². The summed E-state index contributed by atoms with van der Waals surface area (Å²) in [6.07, 6.45) is 1.93. The first kappa shape index (κ1) is 23.0. The van der Waals surface area contributed by atoms with Crippen LogP contribution in [0.15, 0.2) is 30.3 Å². The smallest absolute Gasteiger partial charge is 0.244 e. The average molecular weight is 424 g/mol. The molecule has 2 aliphatic rings. The Morgan fingerprint density at radius 3 is 2.04 bits per heavy atom. The number of nitrogens with zero attached hydrogens (tertiary/aromatic N) is 2. The van der Waals surface area contributed by atoms with Crippen molar-refractivity contribution in [2.45, 2.75) is 17.6 Å². The van der Waals surface area contributed by atoms with Gasteiger partial charge in [0.2, 0.25) is 5.91 Å². The zero-order chi connectivity index (χ0) is 17.2. The van der Waals surface area contributed by atoms with Gasteiger partial charge < -0.3 is 15.1 Å². The Hall–Kier alpha value is -1.02. The quantitative estimate of drug-likeness (QED) is 0.794. The monoisotopic (exact) mass is 423 g/mol. The summed E-state index contributed by atoms with van der Waals surface area (Å²) in [5, 5.41) is 3.15. The molecule has 2 saturated heterocycles. The van der Waals surface area contributed by atoms with Crippen LogP contribution in [0.3, 0.4) is 0 Å². The third kappa shape index (κ3) is 4.44. The Morgan fingerprint density at radius 1 is 1.00 bits per heavy atom. The lowest BCUT2D eigenvalue weighted by Crippen LogP contribution is -2.61. The third-order valence-corrected chi connectivity index (χ3v) is 7.20. The van der Waals surface area contributed by atoms with E-state index in [0.29, 0.717) is 39.0 Å². The van der Waals surface area contributed by atoms with E-state index in [2.05, 4.69) is 22.3 Å². The summed E-state index contributed by atoms with van der Waals surface area (Å²) in [6.45, 7) is 3.74. The highest BCUT2D eigenvalue weighted by molar-refractivity contribution is 7.92. The Labute approximate surface area is 168 Å². The van der Waals surface area contributed by atoms with Gasteiger partial charge in [0.05, 0.1) is 0 Å². The fourth-order valence-electron chi connectivity index (χ4n) is 3.67. The van der Waals surface area contributed by atoms with E-state index in [1.54, 1.807) is 4.90 Å². The van der Waals surface area contributed by atoms with Gasteiger partial charge in [-0.1, -0.05) is 18.2 Å². The number of piperidine rings is 1.